The van der Waals surface area contributed by atoms with E-state index in [1.807, 2.05) is 0 Å². The van der Waals surface area contributed by atoms with Crippen molar-refractivity contribution in [3.8, 4) is 0 Å². The van der Waals surface area contributed by atoms with E-state index in [0.717, 1.165) is 6.92 Å². The van der Waals surface area contributed by atoms with Crippen molar-refractivity contribution < 1.29 is 22.7 Å². The van der Waals surface area contributed by atoms with Gasteiger partial charge in [0.1, 0.15) is 5.92 Å². The predicted octanol–water partition coefficient (Wildman–Crippen LogP) is 2.73. The Kier molecular flexibility index (Phi) is 3.24. The van der Waals surface area contributed by atoms with Crippen molar-refractivity contribution in [2.75, 3.05) is 6.61 Å². The van der Waals surface area contributed by atoms with Gasteiger partial charge in [0, 0.05) is 0 Å². The van der Waals surface area contributed by atoms with E-state index in [0.29, 0.717) is 0 Å². The molecule has 98 valence electrons. The van der Waals surface area contributed by atoms with E-state index in [4.69, 9.17) is 4.74 Å². The molecule has 0 aliphatic carbocycles. The van der Waals surface area contributed by atoms with Crippen LogP contribution in [0, 0.1) is 5.92 Å². The van der Waals surface area contributed by atoms with E-state index >= 15 is 0 Å². The van der Waals surface area contributed by atoms with Gasteiger partial charge < -0.3 is 4.74 Å². The Hall–Kier alpha value is -1.14. The van der Waals surface area contributed by atoms with Crippen LogP contribution in [0.1, 0.15) is 27.7 Å². The van der Waals surface area contributed by atoms with Crippen LogP contribution in [0.2, 0.25) is 0 Å². The van der Waals surface area contributed by atoms with Crippen LogP contribution in [-0.2, 0) is 9.53 Å². The van der Waals surface area contributed by atoms with Gasteiger partial charge in [-0.05, 0) is 27.7 Å². The largest absolute Gasteiger partial charge is 0.466 e. The van der Waals surface area contributed by atoms with Gasteiger partial charge in [-0.15, -0.1) is 0 Å². The zero-order chi connectivity index (χ0) is 13.5. The Morgan fingerprint density at radius 1 is 1.29 bits per heavy atom. The molecule has 0 radical (unpaired) electrons. The third-order valence-electron chi connectivity index (χ3n) is 2.88. The SMILES string of the molecule is CCOC(=O)C1C(C)(C)N=NC1(C)C(F)(F)F. The van der Waals surface area contributed by atoms with Crippen molar-refractivity contribution >= 4 is 5.97 Å². The number of hydrogen-bond acceptors (Lipinski definition) is 4. The first-order valence-electron chi connectivity index (χ1n) is 5.23. The zero-order valence-corrected chi connectivity index (χ0v) is 10.1. The van der Waals surface area contributed by atoms with Crippen LogP contribution in [0.3, 0.4) is 0 Å². The second-order valence-corrected chi connectivity index (χ2v) is 4.68. The molecule has 0 N–H and O–H groups in total. The molecule has 0 spiro atoms. The second kappa shape index (κ2) is 3.96. The molecule has 0 aromatic rings. The summed E-state index contributed by atoms with van der Waals surface area (Å²) in [4.78, 5) is 11.7. The number of hydrogen-bond donors (Lipinski definition) is 0. The number of alkyl halides is 3. The summed E-state index contributed by atoms with van der Waals surface area (Å²) in [5.41, 5.74) is -3.72. The number of carbonyl (C=O) groups excluding carboxylic acids is 1. The summed E-state index contributed by atoms with van der Waals surface area (Å²) in [5, 5.41) is 6.85. The molecule has 1 aliphatic rings. The van der Waals surface area contributed by atoms with Gasteiger partial charge in [0.15, 0.2) is 5.54 Å². The van der Waals surface area contributed by atoms with E-state index in [1.54, 1.807) is 6.92 Å². The number of esters is 1. The molecular weight excluding hydrogens is 237 g/mol. The van der Waals surface area contributed by atoms with Gasteiger partial charge in [0.25, 0.3) is 0 Å². The van der Waals surface area contributed by atoms with Crippen LogP contribution in [0.15, 0.2) is 10.2 Å². The lowest BCUT2D eigenvalue weighted by Gasteiger charge is -2.33. The topological polar surface area (TPSA) is 51.0 Å². The molecule has 1 aliphatic heterocycles. The van der Waals surface area contributed by atoms with Gasteiger partial charge >= 0.3 is 12.1 Å². The number of rotatable bonds is 2. The van der Waals surface area contributed by atoms with Crippen molar-refractivity contribution in [3.05, 3.63) is 0 Å². The van der Waals surface area contributed by atoms with Crippen molar-refractivity contribution in [3.63, 3.8) is 0 Å². The van der Waals surface area contributed by atoms with E-state index in [2.05, 4.69) is 10.2 Å². The molecule has 1 heterocycles. The highest BCUT2D eigenvalue weighted by atomic mass is 19.4. The molecule has 7 heteroatoms. The van der Waals surface area contributed by atoms with Gasteiger partial charge in [-0.25, -0.2) is 0 Å². The highest BCUT2D eigenvalue weighted by Gasteiger charge is 2.67. The second-order valence-electron chi connectivity index (χ2n) is 4.68. The van der Waals surface area contributed by atoms with Crippen LogP contribution in [-0.4, -0.2) is 29.8 Å². The van der Waals surface area contributed by atoms with Gasteiger partial charge in [-0.3, -0.25) is 4.79 Å². The van der Waals surface area contributed by atoms with E-state index in [-0.39, 0.29) is 6.61 Å². The predicted molar refractivity (Wildman–Crippen MR) is 53.5 cm³/mol. The van der Waals surface area contributed by atoms with Crippen molar-refractivity contribution in [2.24, 2.45) is 16.1 Å². The van der Waals surface area contributed by atoms with Gasteiger partial charge in [0.05, 0.1) is 12.1 Å². The number of halogens is 3. The summed E-state index contributed by atoms with van der Waals surface area (Å²) in [6, 6.07) is 0. The first-order valence-corrected chi connectivity index (χ1v) is 5.23. The van der Waals surface area contributed by atoms with Gasteiger partial charge in [-0.2, -0.15) is 23.4 Å². The van der Waals surface area contributed by atoms with Crippen molar-refractivity contribution in [1.82, 2.24) is 0 Å². The summed E-state index contributed by atoms with van der Waals surface area (Å²) >= 11 is 0. The molecular formula is C10H15F3N2O2. The lowest BCUT2D eigenvalue weighted by molar-refractivity contribution is -0.202. The summed E-state index contributed by atoms with van der Waals surface area (Å²) < 4.78 is 43.6. The smallest absolute Gasteiger partial charge is 0.416 e. The van der Waals surface area contributed by atoms with E-state index in [1.165, 1.54) is 13.8 Å². The van der Waals surface area contributed by atoms with Gasteiger partial charge in [-0.1, -0.05) is 0 Å². The van der Waals surface area contributed by atoms with Crippen LogP contribution in [0.25, 0.3) is 0 Å². The Bertz CT molecular complexity index is 352. The molecule has 0 saturated carbocycles. The minimum atomic E-state index is -4.64. The quantitative estimate of drug-likeness (QED) is 0.709. The Balaban J connectivity index is 3.16. The van der Waals surface area contributed by atoms with Gasteiger partial charge in [0.2, 0.25) is 0 Å². The molecule has 4 nitrogen and oxygen atoms in total. The summed E-state index contributed by atoms with van der Waals surface area (Å²) in [7, 11) is 0. The minimum absolute atomic E-state index is 0.0271. The zero-order valence-electron chi connectivity index (χ0n) is 10.1. The number of ether oxygens (including phenoxy) is 1. The third-order valence-corrected chi connectivity index (χ3v) is 2.88. The lowest BCUT2D eigenvalue weighted by Crippen LogP contribution is -2.54. The number of nitrogens with zero attached hydrogens (tertiary/aromatic N) is 2. The minimum Gasteiger partial charge on any atom is -0.466 e. The average molecular weight is 252 g/mol. The standard InChI is InChI=1S/C10H15F3N2O2/c1-5-17-7(16)6-8(2,3)14-15-9(6,4)10(11,12)13/h6H,5H2,1-4H3. The fourth-order valence-electron chi connectivity index (χ4n) is 2.00. The summed E-state index contributed by atoms with van der Waals surface area (Å²) in [6.45, 7) is 5.31. The molecule has 2 atom stereocenters. The fraction of sp³-hybridized carbons (Fsp3) is 0.900. The molecule has 17 heavy (non-hydrogen) atoms. The van der Waals surface area contributed by atoms with Crippen molar-refractivity contribution in [2.45, 2.75) is 44.9 Å². The molecule has 0 amide bonds. The average Bonchev–Trinajstić information content (AvgIpc) is 2.37. The molecule has 0 fully saturated rings. The van der Waals surface area contributed by atoms with Crippen LogP contribution in [0.5, 0.6) is 0 Å². The van der Waals surface area contributed by atoms with Crippen LogP contribution >= 0.6 is 0 Å². The number of carbonyl (C=O) groups is 1. The maximum absolute atomic E-state index is 13.0. The maximum atomic E-state index is 13.0. The Labute approximate surface area is 97.2 Å². The van der Waals surface area contributed by atoms with Crippen molar-refractivity contribution in [1.29, 1.82) is 0 Å². The lowest BCUT2D eigenvalue weighted by atomic mass is 9.75. The summed E-state index contributed by atoms with van der Waals surface area (Å²) in [5.74, 6) is -2.36. The highest BCUT2D eigenvalue weighted by molar-refractivity contribution is 5.76. The molecule has 2 unspecified atom stereocenters. The maximum Gasteiger partial charge on any atom is 0.416 e. The van der Waals surface area contributed by atoms with E-state index < -0.39 is 29.1 Å². The molecule has 0 aromatic heterocycles. The first-order chi connectivity index (χ1) is 7.56. The van der Waals surface area contributed by atoms with Crippen LogP contribution < -0.4 is 0 Å². The Morgan fingerprint density at radius 3 is 2.24 bits per heavy atom. The number of azo groups is 1. The normalized spacial score (nSPS) is 31.6. The first kappa shape index (κ1) is 13.9. The summed E-state index contributed by atoms with van der Waals surface area (Å²) in [6.07, 6.45) is -4.64. The van der Waals surface area contributed by atoms with Crippen LogP contribution in [0.4, 0.5) is 13.2 Å². The molecule has 0 aromatic carbocycles. The Morgan fingerprint density at radius 2 is 1.82 bits per heavy atom. The fourth-order valence-corrected chi connectivity index (χ4v) is 2.00. The third kappa shape index (κ3) is 2.14. The molecule has 1 rings (SSSR count). The molecule has 0 saturated heterocycles. The van der Waals surface area contributed by atoms with E-state index in [9.17, 15) is 18.0 Å². The molecule has 0 bridgehead atoms. The highest BCUT2D eigenvalue weighted by Crippen LogP contribution is 2.50. The monoisotopic (exact) mass is 252 g/mol.